The third-order valence-electron chi connectivity index (χ3n) is 2.83. The number of amides is 2. The van der Waals surface area contributed by atoms with Gasteiger partial charge < -0.3 is 10.5 Å². The molecule has 0 fully saturated rings. The lowest BCUT2D eigenvalue weighted by Gasteiger charge is -2.05. The Hall–Kier alpha value is -0.890. The number of unbranched alkanes of at least 4 members (excludes halogenated alkanes) is 6. The lowest BCUT2D eigenvalue weighted by Crippen LogP contribution is -2.31. The van der Waals surface area contributed by atoms with Crippen molar-refractivity contribution in [3.05, 3.63) is 0 Å². The Morgan fingerprint density at radius 2 is 1.68 bits per heavy atom. The molecule has 0 aliphatic heterocycles. The number of hydrogen-bond donors (Lipinski definition) is 2. The Kier molecular flexibility index (Phi) is 14.4. The molecule has 0 radical (unpaired) electrons. The van der Waals surface area contributed by atoms with E-state index in [9.17, 15) is 14.4 Å². The fourth-order valence-corrected chi connectivity index (χ4v) is 2.98. The smallest absolute Gasteiger partial charge is 0.319 e. The van der Waals surface area contributed by atoms with Crippen LogP contribution in [0.4, 0.5) is 0 Å². The van der Waals surface area contributed by atoms with Crippen LogP contribution in [0.25, 0.3) is 0 Å². The summed E-state index contributed by atoms with van der Waals surface area (Å²) in [7, 11) is 2.28. The van der Waals surface area contributed by atoms with E-state index in [1.165, 1.54) is 42.9 Å². The van der Waals surface area contributed by atoms with Crippen molar-refractivity contribution in [2.45, 2.75) is 58.3 Å². The van der Waals surface area contributed by atoms with Crippen molar-refractivity contribution in [2.24, 2.45) is 5.73 Å². The van der Waals surface area contributed by atoms with E-state index >= 15 is 0 Å². The van der Waals surface area contributed by atoms with E-state index in [0.717, 1.165) is 23.8 Å². The van der Waals surface area contributed by atoms with Gasteiger partial charge in [-0.2, -0.15) is 0 Å². The molecule has 3 N–H and O–H groups in total. The van der Waals surface area contributed by atoms with Gasteiger partial charge in [-0.05, 0) is 6.42 Å². The maximum absolute atomic E-state index is 11.4. The normalized spacial score (nSPS) is 10.2. The lowest BCUT2D eigenvalue weighted by molar-refractivity contribution is -0.143. The Morgan fingerprint density at radius 3 is 2.32 bits per heavy atom. The fourth-order valence-electron chi connectivity index (χ4n) is 1.65. The number of rotatable bonds is 13. The minimum Gasteiger partial charge on any atom is -0.465 e. The predicted octanol–water partition coefficient (Wildman–Crippen LogP) is 2.57. The van der Waals surface area contributed by atoms with E-state index in [1.807, 2.05) is 0 Å². The molecule has 0 rings (SSSR count). The standard InChI is InChI=1S/C14H26N2O4S2/c1-2-3-4-5-6-7-8-9-12(17)20-10-11-21-22-16-14(19)13(15)18/h2-11H2,1H3,(H2,15,18)(H,16,19). The van der Waals surface area contributed by atoms with Crippen molar-refractivity contribution in [2.75, 3.05) is 12.4 Å². The maximum Gasteiger partial charge on any atom is 0.319 e. The van der Waals surface area contributed by atoms with Gasteiger partial charge in [0.1, 0.15) is 6.61 Å². The van der Waals surface area contributed by atoms with E-state index in [-0.39, 0.29) is 5.97 Å². The van der Waals surface area contributed by atoms with Crippen molar-refractivity contribution in [3.63, 3.8) is 0 Å². The molecule has 0 heterocycles. The summed E-state index contributed by atoms with van der Waals surface area (Å²) in [6.45, 7) is 2.48. The molecule has 0 unspecified atom stereocenters. The van der Waals surface area contributed by atoms with Crippen molar-refractivity contribution >= 4 is 39.6 Å². The van der Waals surface area contributed by atoms with Crippen molar-refractivity contribution in [1.82, 2.24) is 4.72 Å². The van der Waals surface area contributed by atoms with E-state index < -0.39 is 11.8 Å². The molecule has 128 valence electrons. The van der Waals surface area contributed by atoms with E-state index in [2.05, 4.69) is 11.6 Å². The highest BCUT2D eigenvalue weighted by atomic mass is 33.1. The summed E-state index contributed by atoms with van der Waals surface area (Å²) in [5, 5.41) is 0. The van der Waals surface area contributed by atoms with Gasteiger partial charge in [0, 0.05) is 23.2 Å². The number of hydrogen-bond acceptors (Lipinski definition) is 6. The van der Waals surface area contributed by atoms with Crippen LogP contribution in [0.2, 0.25) is 0 Å². The second-order valence-electron chi connectivity index (χ2n) is 4.79. The lowest BCUT2D eigenvalue weighted by atomic mass is 10.1. The number of ether oxygens (including phenoxy) is 1. The van der Waals surface area contributed by atoms with Crippen LogP contribution in [0.5, 0.6) is 0 Å². The zero-order valence-corrected chi connectivity index (χ0v) is 14.7. The average Bonchev–Trinajstić information content (AvgIpc) is 2.49. The third-order valence-corrected chi connectivity index (χ3v) is 4.65. The monoisotopic (exact) mass is 350 g/mol. The Bertz CT molecular complexity index is 341. The number of carbonyl (C=O) groups is 3. The van der Waals surface area contributed by atoms with Crippen LogP contribution in [0.3, 0.4) is 0 Å². The number of primary amides is 1. The highest BCUT2D eigenvalue weighted by Gasteiger charge is 2.07. The van der Waals surface area contributed by atoms with Gasteiger partial charge in [0.05, 0.1) is 0 Å². The molecule has 22 heavy (non-hydrogen) atoms. The fraction of sp³-hybridized carbons (Fsp3) is 0.786. The summed E-state index contributed by atoms with van der Waals surface area (Å²) in [6, 6.07) is 0. The topological polar surface area (TPSA) is 98.5 Å². The van der Waals surface area contributed by atoms with Crippen LogP contribution in [0.1, 0.15) is 58.3 Å². The summed E-state index contributed by atoms with van der Waals surface area (Å²) in [5.74, 6) is -1.50. The molecule has 0 aromatic heterocycles. The summed E-state index contributed by atoms with van der Waals surface area (Å²) < 4.78 is 7.32. The molecular formula is C14H26N2O4S2. The van der Waals surface area contributed by atoms with Gasteiger partial charge >= 0.3 is 17.8 Å². The molecule has 6 nitrogen and oxygen atoms in total. The summed E-state index contributed by atoms with van der Waals surface area (Å²) >= 11 is 0. The Morgan fingerprint density at radius 1 is 1.05 bits per heavy atom. The summed E-state index contributed by atoms with van der Waals surface area (Å²) in [6.07, 6.45) is 8.65. The molecule has 0 aliphatic carbocycles. The van der Waals surface area contributed by atoms with Gasteiger partial charge in [0.15, 0.2) is 0 Å². The van der Waals surface area contributed by atoms with Crippen LogP contribution in [-0.2, 0) is 19.1 Å². The van der Waals surface area contributed by atoms with Gasteiger partial charge in [0.2, 0.25) is 0 Å². The number of nitrogens with one attached hydrogen (secondary N) is 1. The van der Waals surface area contributed by atoms with Gasteiger partial charge in [-0.15, -0.1) is 0 Å². The molecule has 0 saturated heterocycles. The molecule has 0 bridgehead atoms. The quantitative estimate of drug-likeness (QED) is 0.174. The van der Waals surface area contributed by atoms with Crippen molar-refractivity contribution in [1.29, 1.82) is 0 Å². The molecule has 0 atom stereocenters. The average molecular weight is 351 g/mol. The zero-order chi connectivity index (χ0) is 16.6. The Labute approximate surface area is 140 Å². The molecule has 0 aromatic rings. The zero-order valence-electron chi connectivity index (χ0n) is 13.1. The van der Waals surface area contributed by atoms with Crippen LogP contribution in [-0.4, -0.2) is 30.1 Å². The van der Waals surface area contributed by atoms with E-state index in [4.69, 9.17) is 10.5 Å². The van der Waals surface area contributed by atoms with Crippen LogP contribution in [0.15, 0.2) is 0 Å². The number of carbonyl (C=O) groups excluding carboxylic acids is 3. The SMILES string of the molecule is CCCCCCCCCC(=O)OCCSSNC(=O)C(N)=O. The summed E-state index contributed by atoms with van der Waals surface area (Å²) in [4.78, 5) is 32.7. The molecule has 8 heteroatoms. The molecule has 0 aromatic carbocycles. The van der Waals surface area contributed by atoms with E-state index in [0.29, 0.717) is 18.8 Å². The minimum absolute atomic E-state index is 0.180. The first-order valence-corrected chi connectivity index (χ1v) is 9.93. The highest BCUT2D eigenvalue weighted by Crippen LogP contribution is 2.16. The first kappa shape index (κ1) is 21.1. The predicted molar refractivity (Wildman–Crippen MR) is 91.0 cm³/mol. The molecule has 0 aliphatic rings. The van der Waals surface area contributed by atoms with E-state index in [1.54, 1.807) is 0 Å². The van der Waals surface area contributed by atoms with Crippen LogP contribution < -0.4 is 10.5 Å². The van der Waals surface area contributed by atoms with Crippen molar-refractivity contribution in [3.8, 4) is 0 Å². The first-order valence-electron chi connectivity index (χ1n) is 7.61. The second kappa shape index (κ2) is 15.0. The van der Waals surface area contributed by atoms with Gasteiger partial charge in [0.25, 0.3) is 0 Å². The third kappa shape index (κ3) is 14.1. The molecule has 0 spiro atoms. The highest BCUT2D eigenvalue weighted by molar-refractivity contribution is 8.76. The van der Waals surface area contributed by atoms with Gasteiger partial charge in [-0.25, -0.2) is 0 Å². The van der Waals surface area contributed by atoms with Crippen LogP contribution >= 0.6 is 21.8 Å². The first-order chi connectivity index (χ1) is 10.6. The molecule has 2 amide bonds. The molecular weight excluding hydrogens is 324 g/mol. The van der Waals surface area contributed by atoms with Crippen molar-refractivity contribution < 1.29 is 19.1 Å². The number of esters is 1. The second-order valence-corrected chi connectivity index (χ2v) is 7.01. The molecule has 0 saturated carbocycles. The Balaban J connectivity index is 3.29. The van der Waals surface area contributed by atoms with Gasteiger partial charge in [-0.3, -0.25) is 19.1 Å². The van der Waals surface area contributed by atoms with Gasteiger partial charge in [-0.1, -0.05) is 56.2 Å². The number of nitrogens with two attached hydrogens (primary N) is 1. The summed E-state index contributed by atoms with van der Waals surface area (Å²) in [5.41, 5.74) is 4.77. The maximum atomic E-state index is 11.4. The minimum atomic E-state index is -1.02. The van der Waals surface area contributed by atoms with Crippen LogP contribution in [0, 0.1) is 0 Å². The largest absolute Gasteiger partial charge is 0.465 e.